The molecule has 0 spiro atoms. The molecule has 3 amide bonds. The van der Waals surface area contributed by atoms with E-state index in [2.05, 4.69) is 4.74 Å². The Kier molecular flexibility index (Phi) is 4.59. The van der Waals surface area contributed by atoms with Gasteiger partial charge < -0.3 is 15.2 Å². The smallest absolute Gasteiger partial charge is 0.417 e. The molecular weight excluding hydrogens is 366 g/mol. The summed E-state index contributed by atoms with van der Waals surface area (Å²) >= 11 is 0. The maximum absolute atomic E-state index is 12.7. The second-order valence-corrected chi connectivity index (χ2v) is 7.91. The lowest BCUT2D eigenvalue weighted by molar-refractivity contribution is -0.126. The van der Waals surface area contributed by atoms with Crippen LogP contribution in [-0.2, 0) is 19.6 Å². The lowest BCUT2D eigenvalue weighted by Crippen LogP contribution is -2.54. The van der Waals surface area contributed by atoms with E-state index in [1.165, 1.54) is 29.6 Å². The quantitative estimate of drug-likeness (QED) is 0.692. The average Bonchev–Trinajstić information content (AvgIpc) is 2.88. The van der Waals surface area contributed by atoms with Crippen LogP contribution in [0.3, 0.4) is 0 Å². The Morgan fingerprint density at radius 3 is 2.58 bits per heavy atom. The molecule has 2 N–H and O–H groups in total. The van der Waals surface area contributed by atoms with Crippen LogP contribution in [0.25, 0.3) is 0 Å². The number of primary amides is 1. The molecule has 2 aliphatic rings. The molecule has 0 aromatic heterocycles. The van der Waals surface area contributed by atoms with E-state index in [1.807, 2.05) is 0 Å². The summed E-state index contributed by atoms with van der Waals surface area (Å²) in [5.41, 5.74) is 5.22. The van der Waals surface area contributed by atoms with Gasteiger partial charge in [0.05, 0.1) is 17.6 Å². The van der Waals surface area contributed by atoms with E-state index in [0.29, 0.717) is 0 Å². The van der Waals surface area contributed by atoms with Crippen LogP contribution in [0, 0.1) is 5.92 Å². The molecular formula is C15H17N3O7S. The molecule has 1 aromatic carbocycles. The Labute approximate surface area is 149 Å². The number of cyclic esters (lactones) is 1. The van der Waals surface area contributed by atoms with Crippen LogP contribution in [0.15, 0.2) is 23.1 Å². The number of sulfonamides is 1. The number of hydrogen-bond acceptors (Lipinski definition) is 7. The Morgan fingerprint density at radius 1 is 1.35 bits per heavy atom. The number of benzene rings is 1. The van der Waals surface area contributed by atoms with Crippen molar-refractivity contribution in [3.8, 4) is 5.75 Å². The molecule has 1 aromatic rings. The fraction of sp³-hybridized carbons (Fsp3) is 0.400. The number of methoxy groups -OCH3 is 1. The van der Waals surface area contributed by atoms with Gasteiger partial charge in [-0.2, -0.15) is 4.31 Å². The van der Waals surface area contributed by atoms with E-state index in [4.69, 9.17) is 10.5 Å². The lowest BCUT2D eigenvalue weighted by atomic mass is 10.0. The van der Waals surface area contributed by atoms with Crippen molar-refractivity contribution in [3.05, 3.63) is 23.8 Å². The molecule has 2 aliphatic heterocycles. The molecule has 2 saturated heterocycles. The first-order chi connectivity index (χ1) is 12.2. The highest BCUT2D eigenvalue weighted by molar-refractivity contribution is 7.89. The van der Waals surface area contributed by atoms with Gasteiger partial charge in [0.1, 0.15) is 5.75 Å². The molecule has 10 nitrogen and oxygen atoms in total. The SMILES string of the molecule is COc1ccc(S(=O)(=O)N2CC(CN3C(=O)COC3=O)C2)cc1C(N)=O. The fourth-order valence-electron chi connectivity index (χ4n) is 2.84. The van der Waals surface area contributed by atoms with Gasteiger partial charge >= 0.3 is 6.09 Å². The van der Waals surface area contributed by atoms with Crippen LogP contribution >= 0.6 is 0 Å². The minimum atomic E-state index is -3.83. The van der Waals surface area contributed by atoms with Crippen LogP contribution < -0.4 is 10.5 Å². The maximum atomic E-state index is 12.7. The van der Waals surface area contributed by atoms with Gasteiger partial charge in [0.2, 0.25) is 10.0 Å². The van der Waals surface area contributed by atoms with Crippen molar-refractivity contribution in [2.24, 2.45) is 11.7 Å². The van der Waals surface area contributed by atoms with Gasteiger partial charge in [0.15, 0.2) is 6.61 Å². The number of rotatable bonds is 6. The third-order valence-electron chi connectivity index (χ3n) is 4.28. The largest absolute Gasteiger partial charge is 0.496 e. The van der Waals surface area contributed by atoms with E-state index in [1.54, 1.807) is 0 Å². The summed E-state index contributed by atoms with van der Waals surface area (Å²) in [5, 5.41) is 0. The summed E-state index contributed by atoms with van der Waals surface area (Å²) in [6.07, 6.45) is -0.711. The average molecular weight is 383 g/mol. The number of carbonyl (C=O) groups excluding carboxylic acids is 3. The summed E-state index contributed by atoms with van der Waals surface area (Å²) in [4.78, 5) is 35.3. The zero-order valence-corrected chi connectivity index (χ0v) is 14.7. The molecule has 0 unspecified atom stereocenters. The molecule has 0 radical (unpaired) electrons. The minimum absolute atomic E-state index is 0.0314. The molecule has 2 heterocycles. The molecule has 0 aliphatic carbocycles. The van der Waals surface area contributed by atoms with Crippen molar-refractivity contribution in [1.29, 1.82) is 0 Å². The number of imide groups is 1. The predicted molar refractivity (Wildman–Crippen MR) is 86.8 cm³/mol. The number of hydrogen-bond donors (Lipinski definition) is 1. The lowest BCUT2D eigenvalue weighted by Gasteiger charge is -2.39. The van der Waals surface area contributed by atoms with Crippen molar-refractivity contribution < 1.29 is 32.3 Å². The molecule has 0 bridgehead atoms. The van der Waals surface area contributed by atoms with Gasteiger partial charge in [-0.25, -0.2) is 18.1 Å². The minimum Gasteiger partial charge on any atom is -0.496 e. The first-order valence-electron chi connectivity index (χ1n) is 7.69. The summed E-state index contributed by atoms with van der Waals surface area (Å²) in [6.45, 7) is 0.128. The van der Waals surface area contributed by atoms with Gasteiger partial charge in [-0.3, -0.25) is 9.59 Å². The topological polar surface area (TPSA) is 136 Å². The number of nitrogens with zero attached hydrogens (tertiary/aromatic N) is 2. The van der Waals surface area contributed by atoms with Crippen molar-refractivity contribution in [2.45, 2.75) is 4.90 Å². The highest BCUT2D eigenvalue weighted by atomic mass is 32.2. The summed E-state index contributed by atoms with van der Waals surface area (Å²) in [6, 6.07) is 3.86. The normalized spacial score (nSPS) is 18.6. The fourth-order valence-corrected chi connectivity index (χ4v) is 4.46. The highest BCUT2D eigenvalue weighted by Crippen LogP contribution is 2.29. The first-order valence-corrected chi connectivity index (χ1v) is 9.13. The third kappa shape index (κ3) is 3.10. The van der Waals surface area contributed by atoms with Crippen LogP contribution in [0.5, 0.6) is 5.75 Å². The number of ether oxygens (including phenoxy) is 2. The second-order valence-electron chi connectivity index (χ2n) is 5.97. The number of nitrogens with two attached hydrogens (primary N) is 1. The van der Waals surface area contributed by atoms with Crippen LogP contribution in [-0.4, -0.2) is 68.9 Å². The van der Waals surface area contributed by atoms with Crippen molar-refractivity contribution in [2.75, 3.05) is 33.4 Å². The zero-order chi connectivity index (χ0) is 19.1. The molecule has 0 atom stereocenters. The van der Waals surface area contributed by atoms with E-state index in [9.17, 15) is 22.8 Å². The Hall–Kier alpha value is -2.66. The zero-order valence-electron chi connectivity index (χ0n) is 13.9. The van der Waals surface area contributed by atoms with E-state index in [-0.39, 0.29) is 48.4 Å². The maximum Gasteiger partial charge on any atom is 0.417 e. The Bertz CT molecular complexity index is 861. The Morgan fingerprint density at radius 2 is 2.04 bits per heavy atom. The molecule has 11 heteroatoms. The summed E-state index contributed by atoms with van der Waals surface area (Å²) in [7, 11) is -2.48. The van der Waals surface area contributed by atoms with Crippen LogP contribution in [0.2, 0.25) is 0 Å². The van der Waals surface area contributed by atoms with Gasteiger partial charge in [0, 0.05) is 25.6 Å². The summed E-state index contributed by atoms with van der Waals surface area (Å²) < 4.78 is 36.1. The first kappa shape index (κ1) is 18.1. The summed E-state index contributed by atoms with van der Waals surface area (Å²) in [5.74, 6) is -1.22. The standard InChI is InChI=1S/C15H17N3O7S/c1-24-12-3-2-10(4-11(12)14(16)20)26(22,23)17-5-9(6-17)7-18-13(19)8-25-15(18)21/h2-4,9H,5-8H2,1H3,(H2,16,20). The van der Waals surface area contributed by atoms with Gasteiger partial charge in [-0.05, 0) is 18.2 Å². The monoisotopic (exact) mass is 383 g/mol. The Balaban J connectivity index is 1.71. The van der Waals surface area contributed by atoms with Crippen molar-refractivity contribution in [3.63, 3.8) is 0 Å². The van der Waals surface area contributed by atoms with Gasteiger partial charge in [0.25, 0.3) is 11.8 Å². The number of carbonyl (C=O) groups is 3. The molecule has 3 rings (SSSR count). The molecule has 0 saturated carbocycles. The van der Waals surface area contributed by atoms with Gasteiger partial charge in [-0.1, -0.05) is 0 Å². The van der Waals surface area contributed by atoms with Crippen molar-refractivity contribution in [1.82, 2.24) is 9.21 Å². The molecule has 140 valence electrons. The number of amides is 3. The van der Waals surface area contributed by atoms with E-state index >= 15 is 0 Å². The molecule has 2 fully saturated rings. The second kappa shape index (κ2) is 6.57. The third-order valence-corrected chi connectivity index (χ3v) is 6.11. The predicted octanol–water partition coefficient (Wildman–Crippen LogP) is -0.607. The highest BCUT2D eigenvalue weighted by Gasteiger charge is 2.41. The van der Waals surface area contributed by atoms with E-state index < -0.39 is 27.9 Å². The van der Waals surface area contributed by atoms with E-state index in [0.717, 1.165) is 4.90 Å². The van der Waals surface area contributed by atoms with Gasteiger partial charge in [-0.15, -0.1) is 0 Å². The molecule has 26 heavy (non-hydrogen) atoms. The van der Waals surface area contributed by atoms with Crippen molar-refractivity contribution >= 4 is 27.9 Å². The van der Waals surface area contributed by atoms with Crippen LogP contribution in [0.1, 0.15) is 10.4 Å². The van der Waals surface area contributed by atoms with Crippen LogP contribution in [0.4, 0.5) is 4.79 Å².